The monoisotopic (exact) mass is 242 g/mol. The summed E-state index contributed by atoms with van der Waals surface area (Å²) in [7, 11) is 0. The Hall–Kier alpha value is 0.270. The van der Waals surface area contributed by atoms with Crippen molar-refractivity contribution >= 4 is 35.3 Å². The molecule has 1 aromatic carbocycles. The minimum Gasteiger partial charge on any atom is -0.126 e. The molecule has 0 fully saturated rings. The number of fused-ring (bicyclic) bond motifs is 1. The normalized spacial score (nSPS) is 14.5. The lowest BCUT2D eigenvalue weighted by molar-refractivity contribution is 1.07. The van der Waals surface area contributed by atoms with Crippen molar-refractivity contribution in [1.82, 2.24) is 0 Å². The fraction of sp³-hybridized carbons (Fsp3) is 0.455. The molecule has 0 aliphatic carbocycles. The summed E-state index contributed by atoms with van der Waals surface area (Å²) >= 11 is 5.94. The van der Waals surface area contributed by atoms with Gasteiger partial charge in [-0.15, -0.1) is 35.3 Å². The Morgan fingerprint density at radius 2 is 2.14 bits per heavy atom. The third kappa shape index (κ3) is 1.82. The van der Waals surface area contributed by atoms with Crippen molar-refractivity contribution in [3.05, 3.63) is 17.2 Å². The summed E-state index contributed by atoms with van der Waals surface area (Å²) in [4.78, 5) is 4.52. The van der Waals surface area contributed by atoms with Crippen LogP contribution in [0.3, 0.4) is 0 Å². The fourth-order valence-corrected chi connectivity index (χ4v) is 5.31. The molecule has 0 spiro atoms. The quantitative estimate of drug-likeness (QED) is 0.697. The van der Waals surface area contributed by atoms with Crippen molar-refractivity contribution in [2.45, 2.75) is 35.5 Å². The molecule has 3 heteroatoms. The molecule has 1 aliphatic heterocycles. The Bertz CT molecular complexity index is 358. The van der Waals surface area contributed by atoms with E-state index < -0.39 is 0 Å². The molecule has 0 unspecified atom stereocenters. The first-order valence-corrected chi connectivity index (χ1v) is 7.72. The first-order valence-electron chi connectivity index (χ1n) is 4.76. The fourth-order valence-electron chi connectivity index (χ4n) is 1.72. The van der Waals surface area contributed by atoms with Crippen molar-refractivity contribution in [1.29, 1.82) is 0 Å². The van der Waals surface area contributed by atoms with Crippen molar-refractivity contribution in [3.63, 3.8) is 0 Å². The Labute approximate surface area is 98.6 Å². The maximum Gasteiger partial charge on any atom is 0.0487 e. The second kappa shape index (κ2) is 4.42. The summed E-state index contributed by atoms with van der Waals surface area (Å²) in [6.45, 7) is 6.72. The molecule has 14 heavy (non-hydrogen) atoms. The first-order chi connectivity index (χ1) is 6.74. The topological polar surface area (TPSA) is 0 Å². The summed E-state index contributed by atoms with van der Waals surface area (Å²) < 4.78 is 0. The third-order valence-corrected chi connectivity index (χ3v) is 6.04. The second-order valence-electron chi connectivity index (χ2n) is 3.31. The Kier molecular flexibility index (Phi) is 3.40. The van der Waals surface area contributed by atoms with Crippen LogP contribution in [0.15, 0.2) is 20.8 Å². The van der Waals surface area contributed by atoms with Gasteiger partial charge in [-0.05, 0) is 36.8 Å². The Morgan fingerprint density at radius 3 is 2.86 bits per heavy atom. The van der Waals surface area contributed by atoms with Gasteiger partial charge in [0.25, 0.3) is 0 Å². The van der Waals surface area contributed by atoms with Gasteiger partial charge in [0.2, 0.25) is 0 Å². The number of benzene rings is 1. The van der Waals surface area contributed by atoms with Crippen LogP contribution in [-0.4, -0.2) is 10.8 Å². The minimum absolute atomic E-state index is 1.16. The number of thioether (sulfide) groups is 3. The first kappa shape index (κ1) is 10.8. The van der Waals surface area contributed by atoms with Crippen molar-refractivity contribution in [3.8, 4) is 0 Å². The van der Waals surface area contributed by atoms with Crippen LogP contribution in [0.5, 0.6) is 0 Å². The molecule has 0 amide bonds. The Balaban J connectivity index is 2.51. The number of hydrogen-bond donors (Lipinski definition) is 0. The van der Waals surface area contributed by atoms with Crippen LogP contribution in [0, 0.1) is 13.8 Å². The molecular formula is C11H14S3. The highest BCUT2D eigenvalue weighted by Gasteiger charge is 2.18. The van der Waals surface area contributed by atoms with Crippen molar-refractivity contribution < 1.29 is 0 Å². The van der Waals surface area contributed by atoms with E-state index in [0.29, 0.717) is 0 Å². The SMILES string of the molecule is CCSc1c(C)cc2c(c1C)SCS2. The van der Waals surface area contributed by atoms with Gasteiger partial charge in [-0.3, -0.25) is 0 Å². The van der Waals surface area contributed by atoms with E-state index in [1.54, 1.807) is 0 Å². The van der Waals surface area contributed by atoms with Crippen LogP contribution in [-0.2, 0) is 0 Å². The summed E-state index contributed by atoms with van der Waals surface area (Å²) in [6.07, 6.45) is 0. The van der Waals surface area contributed by atoms with E-state index in [9.17, 15) is 0 Å². The lowest BCUT2D eigenvalue weighted by Crippen LogP contribution is -1.89. The van der Waals surface area contributed by atoms with Crippen LogP contribution in [0.1, 0.15) is 18.1 Å². The molecule has 0 nitrogen and oxygen atoms in total. The zero-order chi connectivity index (χ0) is 10.1. The summed E-state index contributed by atoms with van der Waals surface area (Å²) in [6, 6.07) is 2.35. The maximum absolute atomic E-state index is 2.35. The van der Waals surface area contributed by atoms with E-state index in [0.717, 1.165) is 5.75 Å². The van der Waals surface area contributed by atoms with Gasteiger partial charge in [0.05, 0.1) is 0 Å². The van der Waals surface area contributed by atoms with Gasteiger partial charge >= 0.3 is 0 Å². The zero-order valence-electron chi connectivity index (χ0n) is 8.72. The van der Waals surface area contributed by atoms with E-state index in [1.807, 2.05) is 35.3 Å². The van der Waals surface area contributed by atoms with E-state index in [1.165, 1.54) is 30.9 Å². The van der Waals surface area contributed by atoms with E-state index in [-0.39, 0.29) is 0 Å². The highest BCUT2D eigenvalue weighted by Crippen LogP contribution is 2.47. The molecule has 0 aromatic heterocycles. The van der Waals surface area contributed by atoms with Gasteiger partial charge in [0, 0.05) is 19.8 Å². The molecule has 0 N–H and O–H groups in total. The predicted molar refractivity (Wildman–Crippen MR) is 68.9 cm³/mol. The second-order valence-corrected chi connectivity index (χ2v) is 6.96. The van der Waals surface area contributed by atoms with E-state index in [2.05, 4.69) is 26.8 Å². The molecule has 76 valence electrons. The molecule has 1 heterocycles. The zero-order valence-corrected chi connectivity index (χ0v) is 11.2. The predicted octanol–water partition coefficient (Wildman–Crippen LogP) is 4.57. The van der Waals surface area contributed by atoms with Crippen LogP contribution in [0.4, 0.5) is 0 Å². The van der Waals surface area contributed by atoms with Crippen molar-refractivity contribution in [2.24, 2.45) is 0 Å². The minimum atomic E-state index is 1.16. The molecular weight excluding hydrogens is 228 g/mol. The van der Waals surface area contributed by atoms with Crippen LogP contribution in [0.2, 0.25) is 0 Å². The number of hydrogen-bond acceptors (Lipinski definition) is 3. The molecule has 0 saturated carbocycles. The summed E-state index contributed by atoms with van der Waals surface area (Å²) in [5.41, 5.74) is 2.95. The van der Waals surface area contributed by atoms with Gasteiger partial charge in [-0.1, -0.05) is 6.92 Å². The van der Waals surface area contributed by atoms with Gasteiger partial charge in [0.15, 0.2) is 0 Å². The van der Waals surface area contributed by atoms with Crippen LogP contribution in [0.25, 0.3) is 0 Å². The molecule has 0 radical (unpaired) electrons. The number of aryl methyl sites for hydroxylation is 1. The Morgan fingerprint density at radius 1 is 1.36 bits per heavy atom. The number of rotatable bonds is 2. The molecule has 1 aromatic rings. The highest BCUT2D eigenvalue weighted by molar-refractivity contribution is 8.18. The molecule has 0 saturated heterocycles. The van der Waals surface area contributed by atoms with Crippen LogP contribution < -0.4 is 0 Å². The van der Waals surface area contributed by atoms with Gasteiger partial charge in [-0.2, -0.15) is 0 Å². The third-order valence-electron chi connectivity index (χ3n) is 2.32. The summed E-state index contributed by atoms with van der Waals surface area (Å²) in [5, 5.41) is 1.19. The summed E-state index contributed by atoms with van der Waals surface area (Å²) in [5.74, 6) is 1.16. The molecule has 1 aliphatic rings. The van der Waals surface area contributed by atoms with Crippen molar-refractivity contribution in [2.75, 3.05) is 10.8 Å². The van der Waals surface area contributed by atoms with Gasteiger partial charge < -0.3 is 0 Å². The van der Waals surface area contributed by atoms with E-state index >= 15 is 0 Å². The van der Waals surface area contributed by atoms with Crippen LogP contribution >= 0.6 is 35.3 Å². The lowest BCUT2D eigenvalue weighted by Gasteiger charge is -2.12. The molecule has 0 bridgehead atoms. The largest absolute Gasteiger partial charge is 0.126 e. The molecule has 2 rings (SSSR count). The highest BCUT2D eigenvalue weighted by atomic mass is 32.2. The van der Waals surface area contributed by atoms with Gasteiger partial charge in [0.1, 0.15) is 0 Å². The molecule has 0 atom stereocenters. The van der Waals surface area contributed by atoms with Gasteiger partial charge in [-0.25, -0.2) is 0 Å². The average molecular weight is 242 g/mol. The lowest BCUT2D eigenvalue weighted by atomic mass is 10.1. The standard InChI is InChI=1S/C11H14S3/c1-4-12-10-7(2)5-9-11(8(10)3)14-6-13-9/h5H,4,6H2,1-3H3. The maximum atomic E-state index is 2.35. The average Bonchev–Trinajstić information content (AvgIpc) is 2.60. The van der Waals surface area contributed by atoms with E-state index in [4.69, 9.17) is 0 Å². The smallest absolute Gasteiger partial charge is 0.0487 e.